The average molecular weight is 495 g/mol. The zero-order valence-electron chi connectivity index (χ0n) is 15.4. The molecule has 0 spiro atoms. The standard InChI is InChI=1S/C17H19ClN2O7S3/c18-13-3-5-14(6-4-13)29(24,25)16(12-2-1-7-19-8-12)9-20-30(26,27)17-11-28(22,23)10-15(17)21/h1-8,15-17,20-21H,9-11H2. The molecule has 164 valence electrons. The molecule has 2 N–H and O–H groups in total. The highest BCUT2D eigenvalue weighted by Gasteiger charge is 2.45. The third-order valence-electron chi connectivity index (χ3n) is 4.71. The molecule has 2 aromatic rings. The minimum atomic E-state index is -4.32. The van der Waals surface area contributed by atoms with Crippen molar-refractivity contribution in [3.63, 3.8) is 0 Å². The van der Waals surface area contributed by atoms with Crippen LogP contribution < -0.4 is 4.72 Å². The van der Waals surface area contributed by atoms with Crippen LogP contribution >= 0.6 is 11.6 Å². The van der Waals surface area contributed by atoms with E-state index in [9.17, 15) is 30.4 Å². The number of sulfone groups is 2. The molecule has 0 amide bonds. The molecule has 30 heavy (non-hydrogen) atoms. The quantitative estimate of drug-likeness (QED) is 0.559. The van der Waals surface area contributed by atoms with E-state index in [4.69, 9.17) is 11.6 Å². The number of aromatic nitrogens is 1. The van der Waals surface area contributed by atoms with Gasteiger partial charge in [0.25, 0.3) is 0 Å². The van der Waals surface area contributed by atoms with Crippen LogP contribution in [0, 0.1) is 0 Å². The summed E-state index contributed by atoms with van der Waals surface area (Å²) in [5, 5.41) is 7.29. The Bertz CT molecular complexity index is 1220. The summed E-state index contributed by atoms with van der Waals surface area (Å²) in [6.45, 7) is -0.567. The molecule has 1 fully saturated rings. The van der Waals surface area contributed by atoms with Crippen LogP contribution in [0.2, 0.25) is 5.02 Å². The number of hydrogen-bond acceptors (Lipinski definition) is 8. The molecule has 1 aliphatic rings. The largest absolute Gasteiger partial charge is 0.391 e. The summed E-state index contributed by atoms with van der Waals surface area (Å²) in [4.78, 5) is 3.83. The van der Waals surface area contributed by atoms with Crippen molar-refractivity contribution in [2.24, 2.45) is 0 Å². The van der Waals surface area contributed by atoms with E-state index in [-0.39, 0.29) is 10.5 Å². The van der Waals surface area contributed by atoms with E-state index >= 15 is 0 Å². The molecule has 3 rings (SSSR count). The topological polar surface area (TPSA) is 148 Å². The van der Waals surface area contributed by atoms with Gasteiger partial charge in [0.1, 0.15) is 10.5 Å². The molecule has 1 saturated heterocycles. The van der Waals surface area contributed by atoms with Crippen LogP contribution in [0.5, 0.6) is 0 Å². The number of nitrogens with zero attached hydrogens (tertiary/aromatic N) is 1. The van der Waals surface area contributed by atoms with E-state index in [1.54, 1.807) is 0 Å². The van der Waals surface area contributed by atoms with Gasteiger partial charge in [0, 0.05) is 24.0 Å². The van der Waals surface area contributed by atoms with Crippen LogP contribution in [0.4, 0.5) is 0 Å². The van der Waals surface area contributed by atoms with Gasteiger partial charge in [-0.3, -0.25) is 4.98 Å². The van der Waals surface area contributed by atoms with Crippen LogP contribution in [0.3, 0.4) is 0 Å². The minimum Gasteiger partial charge on any atom is -0.391 e. The lowest BCUT2D eigenvalue weighted by atomic mass is 10.2. The Balaban J connectivity index is 1.92. The molecular weight excluding hydrogens is 476 g/mol. The smallest absolute Gasteiger partial charge is 0.218 e. The summed E-state index contributed by atoms with van der Waals surface area (Å²) < 4.78 is 77.1. The third-order valence-corrected chi connectivity index (χ3v) is 10.9. The Morgan fingerprint density at radius 1 is 1.13 bits per heavy atom. The van der Waals surface area contributed by atoms with Crippen LogP contribution in [-0.4, -0.2) is 64.7 Å². The fourth-order valence-electron chi connectivity index (χ4n) is 3.15. The molecule has 1 aromatic heterocycles. The predicted octanol–water partition coefficient (Wildman–Crippen LogP) is 0.327. The lowest BCUT2D eigenvalue weighted by molar-refractivity contribution is 0.203. The van der Waals surface area contributed by atoms with Gasteiger partial charge in [0.15, 0.2) is 19.7 Å². The van der Waals surface area contributed by atoms with Crippen molar-refractivity contribution in [3.8, 4) is 0 Å². The molecule has 2 heterocycles. The molecule has 0 bridgehead atoms. The van der Waals surface area contributed by atoms with E-state index in [1.807, 2.05) is 0 Å². The molecule has 0 radical (unpaired) electrons. The van der Waals surface area contributed by atoms with Crippen molar-refractivity contribution in [2.75, 3.05) is 18.1 Å². The van der Waals surface area contributed by atoms with Gasteiger partial charge in [-0.1, -0.05) is 17.7 Å². The summed E-state index contributed by atoms with van der Waals surface area (Å²) in [6.07, 6.45) is 1.16. The Morgan fingerprint density at radius 2 is 1.80 bits per heavy atom. The fraction of sp³-hybridized carbons (Fsp3) is 0.353. The van der Waals surface area contributed by atoms with Gasteiger partial charge < -0.3 is 5.11 Å². The molecule has 3 atom stereocenters. The summed E-state index contributed by atoms with van der Waals surface area (Å²) in [7, 11) is -12.1. The second-order valence-electron chi connectivity index (χ2n) is 6.85. The highest BCUT2D eigenvalue weighted by atomic mass is 35.5. The van der Waals surface area contributed by atoms with Gasteiger partial charge in [-0.05, 0) is 35.9 Å². The average Bonchev–Trinajstić information content (AvgIpc) is 2.96. The molecule has 0 aliphatic carbocycles. The molecule has 9 nitrogen and oxygen atoms in total. The van der Waals surface area contributed by atoms with Crippen LogP contribution in [0.1, 0.15) is 10.8 Å². The predicted molar refractivity (Wildman–Crippen MR) is 111 cm³/mol. The van der Waals surface area contributed by atoms with Crippen LogP contribution in [0.25, 0.3) is 0 Å². The van der Waals surface area contributed by atoms with Gasteiger partial charge in [0.05, 0.1) is 22.5 Å². The number of pyridine rings is 1. The van der Waals surface area contributed by atoms with Crippen molar-refractivity contribution in [2.45, 2.75) is 21.5 Å². The number of halogens is 1. The molecule has 1 aliphatic heterocycles. The van der Waals surface area contributed by atoms with E-state index in [0.717, 1.165) is 0 Å². The second kappa shape index (κ2) is 8.52. The van der Waals surface area contributed by atoms with E-state index in [1.165, 1.54) is 48.8 Å². The maximum atomic E-state index is 13.2. The number of nitrogens with one attached hydrogen (secondary N) is 1. The van der Waals surface area contributed by atoms with Gasteiger partial charge in [-0.2, -0.15) is 0 Å². The summed E-state index contributed by atoms with van der Waals surface area (Å²) in [6, 6.07) is 8.43. The summed E-state index contributed by atoms with van der Waals surface area (Å²) >= 11 is 5.82. The molecule has 1 aromatic carbocycles. The van der Waals surface area contributed by atoms with Crippen molar-refractivity contribution in [3.05, 3.63) is 59.4 Å². The number of benzene rings is 1. The number of rotatable bonds is 7. The lowest BCUT2D eigenvalue weighted by Crippen LogP contribution is -2.43. The van der Waals surface area contributed by atoms with Crippen molar-refractivity contribution in [1.29, 1.82) is 0 Å². The number of aliphatic hydroxyl groups excluding tert-OH is 1. The van der Waals surface area contributed by atoms with E-state index < -0.39 is 64.4 Å². The third kappa shape index (κ3) is 5.01. The zero-order chi connectivity index (χ0) is 22.2. The highest BCUT2D eigenvalue weighted by molar-refractivity contribution is 7.95. The first-order valence-electron chi connectivity index (χ1n) is 8.69. The molecule has 3 unspecified atom stereocenters. The maximum Gasteiger partial charge on any atom is 0.218 e. The van der Waals surface area contributed by atoms with Crippen LogP contribution in [0.15, 0.2) is 53.7 Å². The van der Waals surface area contributed by atoms with Gasteiger partial charge >= 0.3 is 0 Å². The first-order chi connectivity index (χ1) is 13.9. The number of sulfonamides is 1. The fourth-order valence-corrected chi connectivity index (χ4v) is 9.22. The molecule has 13 heteroatoms. The first kappa shape index (κ1) is 23.1. The lowest BCUT2D eigenvalue weighted by Gasteiger charge is -2.21. The van der Waals surface area contributed by atoms with E-state index in [2.05, 4.69) is 9.71 Å². The Labute approximate surface area is 180 Å². The number of hydrogen-bond donors (Lipinski definition) is 2. The maximum absolute atomic E-state index is 13.2. The SMILES string of the molecule is O=S1(=O)CC(O)C(S(=O)(=O)NCC(c2cccnc2)S(=O)(=O)c2ccc(Cl)cc2)C1. The highest BCUT2D eigenvalue weighted by Crippen LogP contribution is 2.29. The van der Waals surface area contributed by atoms with E-state index in [0.29, 0.717) is 5.02 Å². The summed E-state index contributed by atoms with van der Waals surface area (Å²) in [5.41, 5.74) is 0.245. The Hall–Kier alpha value is -1.57. The van der Waals surface area contributed by atoms with Gasteiger partial charge in [0.2, 0.25) is 10.0 Å². The second-order valence-corrected chi connectivity index (χ2v) is 13.6. The van der Waals surface area contributed by atoms with Crippen molar-refractivity contribution in [1.82, 2.24) is 9.71 Å². The number of aliphatic hydroxyl groups is 1. The van der Waals surface area contributed by atoms with Gasteiger partial charge in [-0.25, -0.2) is 30.0 Å². The normalized spacial score (nSPS) is 22.6. The Morgan fingerprint density at radius 3 is 2.33 bits per heavy atom. The van der Waals surface area contributed by atoms with Crippen molar-refractivity contribution < 1.29 is 30.4 Å². The van der Waals surface area contributed by atoms with Crippen molar-refractivity contribution >= 4 is 41.3 Å². The minimum absolute atomic E-state index is 0.0663. The molecular formula is C17H19ClN2O7S3. The first-order valence-corrected chi connectivity index (χ1v) is 14.0. The zero-order valence-corrected chi connectivity index (χ0v) is 18.6. The van der Waals surface area contributed by atoms with Gasteiger partial charge in [-0.15, -0.1) is 0 Å². The Kier molecular flexibility index (Phi) is 6.56. The summed E-state index contributed by atoms with van der Waals surface area (Å²) in [5.74, 6) is -1.39. The van der Waals surface area contributed by atoms with Crippen LogP contribution in [-0.2, 0) is 29.7 Å². The molecule has 0 saturated carbocycles. The monoisotopic (exact) mass is 494 g/mol.